The second-order valence-corrected chi connectivity index (χ2v) is 5.91. The van der Waals surface area contributed by atoms with Gasteiger partial charge in [-0.05, 0) is 32.8 Å². The van der Waals surface area contributed by atoms with E-state index in [4.69, 9.17) is 4.74 Å². The van der Waals surface area contributed by atoms with Crippen molar-refractivity contribution in [3.8, 4) is 12.1 Å². The monoisotopic (exact) mass is 284 g/mol. The van der Waals surface area contributed by atoms with Crippen molar-refractivity contribution in [1.29, 1.82) is 10.5 Å². The maximum atomic E-state index is 12.5. The third-order valence-electron chi connectivity index (χ3n) is 3.28. The van der Waals surface area contributed by atoms with Crippen LogP contribution in [0.15, 0.2) is 30.3 Å². The van der Waals surface area contributed by atoms with Gasteiger partial charge in [0.25, 0.3) is 0 Å². The molecule has 0 bridgehead atoms. The van der Waals surface area contributed by atoms with Crippen LogP contribution in [0.5, 0.6) is 0 Å². The van der Waals surface area contributed by atoms with Gasteiger partial charge in [0.1, 0.15) is 11.5 Å². The van der Waals surface area contributed by atoms with E-state index in [0.29, 0.717) is 5.56 Å². The highest BCUT2D eigenvalue weighted by Crippen LogP contribution is 2.40. The van der Waals surface area contributed by atoms with Crippen molar-refractivity contribution in [3.63, 3.8) is 0 Å². The molecule has 0 unspecified atom stereocenters. The number of carbonyl (C=O) groups excluding carboxylic acids is 1. The SMILES string of the molecule is CC[C@](C#N)(C(=O)OC(C)(C)C)[C@H](C#N)c1ccccc1. The van der Waals surface area contributed by atoms with Gasteiger partial charge >= 0.3 is 5.97 Å². The molecule has 0 saturated heterocycles. The van der Waals surface area contributed by atoms with Crippen molar-refractivity contribution in [2.75, 3.05) is 0 Å². The Morgan fingerprint density at radius 3 is 2.19 bits per heavy atom. The third kappa shape index (κ3) is 3.61. The molecule has 21 heavy (non-hydrogen) atoms. The van der Waals surface area contributed by atoms with Crippen molar-refractivity contribution in [2.45, 2.75) is 45.6 Å². The number of carbonyl (C=O) groups is 1. The van der Waals surface area contributed by atoms with Crippen LogP contribution in [0.4, 0.5) is 0 Å². The molecule has 0 saturated carbocycles. The highest BCUT2D eigenvalue weighted by Gasteiger charge is 2.48. The fraction of sp³-hybridized carbons (Fsp3) is 0.471. The molecule has 1 aromatic rings. The molecule has 0 aliphatic rings. The number of rotatable bonds is 4. The van der Waals surface area contributed by atoms with E-state index in [1.54, 1.807) is 52.0 Å². The Balaban J connectivity index is 3.30. The zero-order valence-corrected chi connectivity index (χ0v) is 12.9. The lowest BCUT2D eigenvalue weighted by molar-refractivity contribution is -0.165. The summed E-state index contributed by atoms with van der Waals surface area (Å²) in [6.07, 6.45) is 0.214. The van der Waals surface area contributed by atoms with Gasteiger partial charge in [-0.2, -0.15) is 10.5 Å². The topological polar surface area (TPSA) is 73.9 Å². The molecule has 0 radical (unpaired) electrons. The zero-order chi connectivity index (χ0) is 16.1. The van der Waals surface area contributed by atoms with Gasteiger partial charge in [0.15, 0.2) is 5.41 Å². The van der Waals surface area contributed by atoms with E-state index in [1.165, 1.54) is 0 Å². The van der Waals surface area contributed by atoms with Gasteiger partial charge in [0, 0.05) is 0 Å². The quantitative estimate of drug-likeness (QED) is 0.792. The summed E-state index contributed by atoms with van der Waals surface area (Å²) in [6, 6.07) is 13.0. The van der Waals surface area contributed by atoms with E-state index in [1.807, 2.05) is 12.1 Å². The number of nitriles is 2. The molecule has 0 N–H and O–H groups in total. The second-order valence-electron chi connectivity index (χ2n) is 5.91. The molecule has 1 rings (SSSR count). The number of hydrogen-bond donors (Lipinski definition) is 0. The van der Waals surface area contributed by atoms with Gasteiger partial charge in [0.05, 0.1) is 12.1 Å². The summed E-state index contributed by atoms with van der Waals surface area (Å²) in [5, 5.41) is 19.1. The molecular weight excluding hydrogens is 264 g/mol. The van der Waals surface area contributed by atoms with Crippen LogP contribution in [0.1, 0.15) is 45.6 Å². The predicted molar refractivity (Wildman–Crippen MR) is 79.0 cm³/mol. The van der Waals surface area contributed by atoms with Crippen molar-refractivity contribution >= 4 is 5.97 Å². The normalized spacial score (nSPS) is 15.1. The fourth-order valence-corrected chi connectivity index (χ4v) is 2.14. The molecule has 4 heteroatoms. The average Bonchev–Trinajstić information content (AvgIpc) is 2.43. The van der Waals surface area contributed by atoms with Crippen LogP contribution in [0.3, 0.4) is 0 Å². The number of hydrogen-bond acceptors (Lipinski definition) is 4. The third-order valence-corrected chi connectivity index (χ3v) is 3.28. The lowest BCUT2D eigenvalue weighted by atomic mass is 9.71. The van der Waals surface area contributed by atoms with Crippen LogP contribution in [-0.4, -0.2) is 11.6 Å². The summed E-state index contributed by atoms with van der Waals surface area (Å²) in [5.74, 6) is -1.50. The second kappa shape index (κ2) is 6.41. The van der Waals surface area contributed by atoms with Crippen molar-refractivity contribution < 1.29 is 9.53 Å². The first kappa shape index (κ1) is 16.7. The molecule has 0 spiro atoms. The number of esters is 1. The van der Waals surface area contributed by atoms with Crippen molar-refractivity contribution in [3.05, 3.63) is 35.9 Å². The first-order chi connectivity index (χ1) is 9.80. The average molecular weight is 284 g/mol. The minimum atomic E-state index is -1.50. The van der Waals surface area contributed by atoms with Crippen LogP contribution < -0.4 is 0 Å². The molecule has 1 aromatic carbocycles. The molecule has 0 fully saturated rings. The molecule has 110 valence electrons. The highest BCUT2D eigenvalue weighted by atomic mass is 16.6. The first-order valence-electron chi connectivity index (χ1n) is 6.90. The van der Waals surface area contributed by atoms with Gasteiger partial charge in [0.2, 0.25) is 0 Å². The number of nitrogens with zero attached hydrogens (tertiary/aromatic N) is 2. The van der Waals surface area contributed by atoms with Crippen LogP contribution in [0.2, 0.25) is 0 Å². The lowest BCUT2D eigenvalue weighted by Crippen LogP contribution is -2.40. The lowest BCUT2D eigenvalue weighted by Gasteiger charge is -2.31. The van der Waals surface area contributed by atoms with Gasteiger partial charge in [-0.15, -0.1) is 0 Å². The van der Waals surface area contributed by atoms with E-state index in [9.17, 15) is 15.3 Å². The van der Waals surface area contributed by atoms with E-state index in [2.05, 4.69) is 6.07 Å². The Morgan fingerprint density at radius 2 is 1.81 bits per heavy atom. The largest absolute Gasteiger partial charge is 0.459 e. The number of benzene rings is 1. The maximum absolute atomic E-state index is 12.5. The molecule has 0 aliphatic heterocycles. The Bertz CT molecular complexity index is 576. The van der Waals surface area contributed by atoms with Crippen LogP contribution in [0.25, 0.3) is 0 Å². The van der Waals surface area contributed by atoms with Crippen molar-refractivity contribution in [2.24, 2.45) is 5.41 Å². The summed E-state index contributed by atoms with van der Waals surface area (Å²) in [5.41, 5.74) is -1.55. The van der Waals surface area contributed by atoms with Crippen molar-refractivity contribution in [1.82, 2.24) is 0 Å². The summed E-state index contributed by atoms with van der Waals surface area (Å²) in [6.45, 7) is 6.95. The summed E-state index contributed by atoms with van der Waals surface area (Å²) in [7, 11) is 0. The van der Waals surface area contributed by atoms with Gasteiger partial charge in [-0.3, -0.25) is 4.79 Å². The minimum Gasteiger partial charge on any atom is -0.459 e. The van der Waals surface area contributed by atoms with Crippen LogP contribution >= 0.6 is 0 Å². The van der Waals surface area contributed by atoms with Crippen LogP contribution in [0, 0.1) is 28.1 Å². The van der Waals surface area contributed by atoms with E-state index in [-0.39, 0.29) is 6.42 Å². The van der Waals surface area contributed by atoms with Gasteiger partial charge in [-0.25, -0.2) is 0 Å². The zero-order valence-electron chi connectivity index (χ0n) is 12.9. The Hall–Kier alpha value is -2.33. The Labute approximate surface area is 126 Å². The first-order valence-corrected chi connectivity index (χ1v) is 6.90. The summed E-state index contributed by atoms with van der Waals surface area (Å²) in [4.78, 5) is 12.5. The predicted octanol–water partition coefficient (Wildman–Crippen LogP) is 3.56. The highest BCUT2D eigenvalue weighted by molar-refractivity contribution is 5.82. The molecular formula is C17H20N2O2. The Kier molecular flexibility index (Phi) is 5.11. The molecule has 0 aliphatic carbocycles. The van der Waals surface area contributed by atoms with E-state index in [0.717, 1.165) is 0 Å². The molecule has 0 amide bonds. The van der Waals surface area contributed by atoms with Crippen LogP contribution in [-0.2, 0) is 9.53 Å². The number of ether oxygens (including phenoxy) is 1. The maximum Gasteiger partial charge on any atom is 0.328 e. The summed E-state index contributed by atoms with van der Waals surface area (Å²) >= 11 is 0. The Morgan fingerprint density at radius 1 is 1.24 bits per heavy atom. The minimum absolute atomic E-state index is 0.214. The van der Waals surface area contributed by atoms with E-state index >= 15 is 0 Å². The molecule has 2 atom stereocenters. The molecule has 0 aromatic heterocycles. The molecule has 4 nitrogen and oxygen atoms in total. The smallest absolute Gasteiger partial charge is 0.328 e. The van der Waals surface area contributed by atoms with Gasteiger partial charge < -0.3 is 4.74 Å². The fourth-order valence-electron chi connectivity index (χ4n) is 2.14. The standard InChI is InChI=1S/C17H20N2O2/c1-5-17(12-19,15(20)21-16(2,3)4)14(11-18)13-9-7-6-8-10-13/h6-10,14H,5H2,1-4H3/t14-,17-/m1/s1. The summed E-state index contributed by atoms with van der Waals surface area (Å²) < 4.78 is 5.38. The molecule has 0 heterocycles. The van der Waals surface area contributed by atoms with Gasteiger partial charge in [-0.1, -0.05) is 37.3 Å². The van der Waals surface area contributed by atoms with E-state index < -0.39 is 22.9 Å².